The lowest BCUT2D eigenvalue weighted by molar-refractivity contribution is -0.121. The number of hydrogen-bond acceptors (Lipinski definition) is 3. The standard InChI is InChI=1S/C23H27N3O3S/c1-17-21(18(2)26-30(28,29)25-17)13-14-23(27)24-16-15-22(19-9-5-3-6-10-19)20-11-7-4-8-12-20/h3-12,22,25H,13-16H2,1-2H3,(H,24,27). The molecule has 0 aromatic heterocycles. The smallest absolute Gasteiger partial charge is 0.342 e. The molecule has 0 saturated heterocycles. The average molecular weight is 426 g/mol. The van der Waals surface area contributed by atoms with E-state index >= 15 is 0 Å². The van der Waals surface area contributed by atoms with Gasteiger partial charge in [0.1, 0.15) is 0 Å². The average Bonchev–Trinajstić information content (AvgIpc) is 2.71. The van der Waals surface area contributed by atoms with Gasteiger partial charge in [-0.15, -0.1) is 4.40 Å². The van der Waals surface area contributed by atoms with Crippen LogP contribution in [0.5, 0.6) is 0 Å². The Morgan fingerprint density at radius 3 is 2.10 bits per heavy atom. The molecular weight excluding hydrogens is 398 g/mol. The van der Waals surface area contributed by atoms with Crippen molar-refractivity contribution in [3.8, 4) is 0 Å². The predicted octanol–water partition coefficient (Wildman–Crippen LogP) is 3.69. The van der Waals surface area contributed by atoms with Crippen molar-refractivity contribution in [2.75, 3.05) is 6.54 Å². The van der Waals surface area contributed by atoms with E-state index in [-0.39, 0.29) is 18.2 Å². The van der Waals surface area contributed by atoms with E-state index in [1.807, 2.05) is 36.4 Å². The van der Waals surface area contributed by atoms with E-state index in [2.05, 4.69) is 38.7 Å². The summed E-state index contributed by atoms with van der Waals surface area (Å²) < 4.78 is 29.2. The number of carbonyl (C=O) groups excluding carboxylic acids is 1. The number of allylic oxidation sites excluding steroid dienone is 2. The maximum absolute atomic E-state index is 12.4. The van der Waals surface area contributed by atoms with E-state index in [1.165, 1.54) is 11.1 Å². The summed E-state index contributed by atoms with van der Waals surface area (Å²) in [7, 11) is -3.65. The Morgan fingerprint density at radius 2 is 1.57 bits per heavy atom. The van der Waals surface area contributed by atoms with Crippen molar-refractivity contribution >= 4 is 21.8 Å². The molecule has 2 N–H and O–H groups in total. The van der Waals surface area contributed by atoms with Crippen LogP contribution in [0.15, 0.2) is 76.3 Å². The maximum Gasteiger partial charge on any atom is 0.342 e. The highest BCUT2D eigenvalue weighted by Gasteiger charge is 2.21. The zero-order valence-corrected chi connectivity index (χ0v) is 18.1. The van der Waals surface area contributed by atoms with Crippen molar-refractivity contribution in [3.05, 3.63) is 83.1 Å². The largest absolute Gasteiger partial charge is 0.356 e. The lowest BCUT2D eigenvalue weighted by Crippen LogP contribution is -2.29. The molecule has 0 aliphatic carbocycles. The molecule has 0 atom stereocenters. The Kier molecular flexibility index (Phi) is 7.05. The van der Waals surface area contributed by atoms with E-state index < -0.39 is 10.2 Å². The molecule has 1 aliphatic heterocycles. The van der Waals surface area contributed by atoms with Crippen LogP contribution < -0.4 is 10.0 Å². The molecule has 1 heterocycles. The first kappa shape index (κ1) is 21.8. The van der Waals surface area contributed by atoms with E-state index in [0.29, 0.717) is 24.4 Å². The summed E-state index contributed by atoms with van der Waals surface area (Å²) in [6.45, 7) is 3.90. The first-order valence-electron chi connectivity index (χ1n) is 10.0. The minimum Gasteiger partial charge on any atom is -0.356 e. The second-order valence-corrected chi connectivity index (χ2v) is 8.71. The van der Waals surface area contributed by atoms with Gasteiger partial charge in [0.05, 0.1) is 5.71 Å². The Balaban J connectivity index is 1.56. The van der Waals surface area contributed by atoms with Gasteiger partial charge in [-0.3, -0.25) is 9.52 Å². The first-order chi connectivity index (χ1) is 14.4. The van der Waals surface area contributed by atoms with Crippen LogP contribution in [0.4, 0.5) is 0 Å². The van der Waals surface area contributed by atoms with Gasteiger partial charge in [-0.1, -0.05) is 60.7 Å². The van der Waals surface area contributed by atoms with Gasteiger partial charge in [-0.25, -0.2) is 0 Å². The molecule has 0 unspecified atom stereocenters. The van der Waals surface area contributed by atoms with Crippen LogP contribution in [0.1, 0.15) is 50.2 Å². The van der Waals surface area contributed by atoms with Crippen molar-refractivity contribution in [1.29, 1.82) is 0 Å². The molecule has 7 heteroatoms. The fourth-order valence-corrected chi connectivity index (χ4v) is 4.76. The normalized spacial score (nSPS) is 15.5. The number of benzene rings is 2. The second-order valence-electron chi connectivity index (χ2n) is 7.37. The summed E-state index contributed by atoms with van der Waals surface area (Å²) in [6, 6.07) is 20.6. The van der Waals surface area contributed by atoms with E-state index in [1.54, 1.807) is 13.8 Å². The lowest BCUT2D eigenvalue weighted by Gasteiger charge is -2.19. The van der Waals surface area contributed by atoms with Crippen molar-refractivity contribution in [2.45, 2.75) is 39.0 Å². The van der Waals surface area contributed by atoms with Gasteiger partial charge in [-0.2, -0.15) is 8.42 Å². The van der Waals surface area contributed by atoms with Crippen molar-refractivity contribution in [1.82, 2.24) is 10.0 Å². The molecule has 0 bridgehead atoms. The van der Waals surface area contributed by atoms with Crippen molar-refractivity contribution < 1.29 is 13.2 Å². The Morgan fingerprint density at radius 1 is 1.00 bits per heavy atom. The first-order valence-corrected chi connectivity index (χ1v) is 11.5. The van der Waals surface area contributed by atoms with E-state index in [0.717, 1.165) is 12.0 Å². The predicted molar refractivity (Wildman–Crippen MR) is 119 cm³/mol. The molecule has 1 amide bonds. The van der Waals surface area contributed by atoms with E-state index in [9.17, 15) is 13.2 Å². The highest BCUT2D eigenvalue weighted by molar-refractivity contribution is 7.88. The molecule has 158 valence electrons. The van der Waals surface area contributed by atoms with Crippen LogP contribution in [0.25, 0.3) is 0 Å². The van der Waals surface area contributed by atoms with Crippen LogP contribution in [-0.4, -0.2) is 26.6 Å². The van der Waals surface area contributed by atoms with Crippen molar-refractivity contribution in [3.63, 3.8) is 0 Å². The monoisotopic (exact) mass is 425 g/mol. The summed E-state index contributed by atoms with van der Waals surface area (Å²) >= 11 is 0. The van der Waals surface area contributed by atoms with Crippen LogP contribution in [0.3, 0.4) is 0 Å². The third-order valence-electron chi connectivity index (χ3n) is 5.19. The molecule has 3 rings (SSSR count). The second kappa shape index (κ2) is 9.71. The topological polar surface area (TPSA) is 87.6 Å². The fraction of sp³-hybridized carbons (Fsp3) is 0.304. The van der Waals surface area contributed by atoms with Gasteiger partial charge >= 0.3 is 10.2 Å². The van der Waals surface area contributed by atoms with Crippen molar-refractivity contribution in [2.24, 2.45) is 4.40 Å². The molecule has 30 heavy (non-hydrogen) atoms. The Bertz CT molecular complexity index is 1010. The summed E-state index contributed by atoms with van der Waals surface area (Å²) in [4.78, 5) is 12.4. The number of amides is 1. The SMILES string of the molecule is CC1=NS(=O)(=O)NC(C)=C1CCC(=O)NCCC(c1ccccc1)c1ccccc1. The molecule has 1 aliphatic rings. The molecule has 2 aromatic rings. The van der Waals surface area contributed by atoms with Gasteiger partial charge in [0.15, 0.2) is 0 Å². The molecule has 0 radical (unpaired) electrons. The van der Waals surface area contributed by atoms with Crippen LogP contribution >= 0.6 is 0 Å². The number of carbonyl (C=O) groups is 1. The maximum atomic E-state index is 12.4. The number of nitrogens with zero attached hydrogens (tertiary/aromatic N) is 1. The molecule has 0 saturated carbocycles. The quantitative estimate of drug-likeness (QED) is 0.676. The minimum absolute atomic E-state index is 0.0589. The minimum atomic E-state index is -3.65. The molecule has 2 aromatic carbocycles. The number of hydrogen-bond donors (Lipinski definition) is 2. The number of nitrogens with one attached hydrogen (secondary N) is 2. The molecule has 0 fully saturated rings. The highest BCUT2D eigenvalue weighted by Crippen LogP contribution is 2.27. The summed E-state index contributed by atoms with van der Waals surface area (Å²) in [5, 5.41) is 3.00. The van der Waals surface area contributed by atoms with Gasteiger partial charge in [0, 0.05) is 24.6 Å². The van der Waals surface area contributed by atoms with Crippen LogP contribution in [0.2, 0.25) is 0 Å². The fourth-order valence-electron chi connectivity index (χ4n) is 3.73. The van der Waals surface area contributed by atoms with Crippen LogP contribution in [-0.2, 0) is 15.0 Å². The zero-order valence-electron chi connectivity index (χ0n) is 17.3. The third kappa shape index (κ3) is 5.79. The zero-order chi connectivity index (χ0) is 21.6. The van der Waals surface area contributed by atoms with Gasteiger partial charge < -0.3 is 5.32 Å². The summed E-state index contributed by atoms with van der Waals surface area (Å²) in [5.41, 5.74) is 4.18. The molecule has 6 nitrogen and oxygen atoms in total. The highest BCUT2D eigenvalue weighted by atomic mass is 32.2. The third-order valence-corrected chi connectivity index (χ3v) is 6.27. The van der Waals surface area contributed by atoms with Gasteiger partial charge in [-0.05, 0) is 43.4 Å². The summed E-state index contributed by atoms with van der Waals surface area (Å²) in [5.74, 6) is 0.149. The van der Waals surface area contributed by atoms with Crippen LogP contribution in [0, 0.1) is 0 Å². The van der Waals surface area contributed by atoms with Gasteiger partial charge in [0.2, 0.25) is 5.91 Å². The number of rotatable bonds is 8. The summed E-state index contributed by atoms with van der Waals surface area (Å²) in [6.07, 6.45) is 1.51. The Labute approximate surface area is 178 Å². The van der Waals surface area contributed by atoms with E-state index in [4.69, 9.17) is 0 Å². The molecular formula is C23H27N3O3S. The van der Waals surface area contributed by atoms with Gasteiger partial charge in [0.25, 0.3) is 0 Å². The lowest BCUT2D eigenvalue weighted by atomic mass is 9.88. The molecule has 0 spiro atoms. The Hall–Kier alpha value is -2.93.